The van der Waals surface area contributed by atoms with Crippen molar-refractivity contribution in [2.75, 3.05) is 13.1 Å². The van der Waals surface area contributed by atoms with Crippen LogP contribution in [0.2, 0.25) is 0 Å². The number of hydrogen-bond donors (Lipinski definition) is 2. The van der Waals surface area contributed by atoms with Crippen molar-refractivity contribution in [3.05, 3.63) is 53.9 Å². The predicted molar refractivity (Wildman–Crippen MR) is 86.2 cm³/mol. The lowest BCUT2D eigenvalue weighted by Gasteiger charge is -2.11. The largest absolute Gasteiger partial charge is 0.357 e. The summed E-state index contributed by atoms with van der Waals surface area (Å²) in [5.74, 6) is 0.845. The van der Waals surface area contributed by atoms with Gasteiger partial charge in [0, 0.05) is 31.9 Å². The summed E-state index contributed by atoms with van der Waals surface area (Å²) in [4.78, 5) is 4.57. The van der Waals surface area contributed by atoms with Crippen LogP contribution in [0.1, 0.15) is 18.1 Å². The molecule has 0 unspecified atom stereocenters. The molecule has 1 aromatic heterocycles. The lowest BCUT2D eigenvalue weighted by molar-refractivity contribution is 0.766. The second kappa shape index (κ2) is 8.09. The van der Waals surface area contributed by atoms with Gasteiger partial charge in [0.1, 0.15) is 0 Å². The molecule has 0 spiro atoms. The van der Waals surface area contributed by atoms with E-state index in [4.69, 9.17) is 0 Å². The Kier molecular flexibility index (Phi) is 5.82. The molecule has 0 radical (unpaired) electrons. The fourth-order valence-corrected chi connectivity index (χ4v) is 2.04. The van der Waals surface area contributed by atoms with Crippen LogP contribution in [0.4, 0.5) is 0 Å². The van der Waals surface area contributed by atoms with Gasteiger partial charge in [0.05, 0.1) is 12.7 Å². The third-order valence-corrected chi connectivity index (χ3v) is 3.07. The Balaban J connectivity index is 1.83. The van der Waals surface area contributed by atoms with Crippen LogP contribution >= 0.6 is 0 Å². The molecule has 0 fully saturated rings. The van der Waals surface area contributed by atoms with E-state index in [1.54, 1.807) is 4.68 Å². The zero-order chi connectivity index (χ0) is 14.9. The minimum Gasteiger partial charge on any atom is -0.357 e. The standard InChI is InChI=1S/C16H23N5/c1-3-17-16(19-11-15-12-20-21(2)13-15)18-10-9-14-7-5-4-6-8-14/h4-8,12-13H,3,9-11H2,1-2H3,(H2,17,18,19). The first-order valence-electron chi connectivity index (χ1n) is 7.31. The summed E-state index contributed by atoms with van der Waals surface area (Å²) in [6.45, 7) is 4.42. The van der Waals surface area contributed by atoms with Crippen molar-refractivity contribution in [2.24, 2.45) is 12.0 Å². The molecule has 1 heterocycles. The van der Waals surface area contributed by atoms with Gasteiger partial charge in [-0.2, -0.15) is 5.10 Å². The average molecular weight is 285 g/mol. The molecule has 21 heavy (non-hydrogen) atoms. The van der Waals surface area contributed by atoms with E-state index in [1.165, 1.54) is 5.56 Å². The first-order chi connectivity index (χ1) is 10.3. The van der Waals surface area contributed by atoms with Gasteiger partial charge in [0.15, 0.2) is 5.96 Å². The monoisotopic (exact) mass is 285 g/mol. The van der Waals surface area contributed by atoms with E-state index in [9.17, 15) is 0 Å². The second-order valence-electron chi connectivity index (χ2n) is 4.88. The van der Waals surface area contributed by atoms with Gasteiger partial charge >= 0.3 is 0 Å². The maximum Gasteiger partial charge on any atom is 0.191 e. The number of aromatic nitrogens is 2. The van der Waals surface area contributed by atoms with Crippen LogP contribution in [0, 0.1) is 0 Å². The molecular formula is C16H23N5. The van der Waals surface area contributed by atoms with Crippen LogP contribution in [0.3, 0.4) is 0 Å². The maximum atomic E-state index is 4.57. The third kappa shape index (κ3) is 5.30. The van der Waals surface area contributed by atoms with E-state index in [1.807, 2.05) is 25.5 Å². The normalized spacial score (nSPS) is 11.4. The lowest BCUT2D eigenvalue weighted by atomic mass is 10.1. The molecule has 1 aromatic carbocycles. The topological polar surface area (TPSA) is 54.2 Å². The van der Waals surface area contributed by atoms with E-state index < -0.39 is 0 Å². The number of nitrogens with one attached hydrogen (secondary N) is 2. The number of aliphatic imine (C=N–C) groups is 1. The molecule has 0 atom stereocenters. The molecule has 112 valence electrons. The first-order valence-corrected chi connectivity index (χ1v) is 7.31. The van der Waals surface area contributed by atoms with Crippen LogP contribution in [0.5, 0.6) is 0 Å². The van der Waals surface area contributed by atoms with Gasteiger partial charge in [0.2, 0.25) is 0 Å². The van der Waals surface area contributed by atoms with Crippen LogP contribution in [-0.2, 0) is 20.0 Å². The second-order valence-corrected chi connectivity index (χ2v) is 4.88. The Morgan fingerprint density at radius 2 is 2.00 bits per heavy atom. The molecule has 0 aliphatic carbocycles. The maximum absolute atomic E-state index is 4.57. The van der Waals surface area contributed by atoms with Crippen molar-refractivity contribution in [1.29, 1.82) is 0 Å². The Hall–Kier alpha value is -2.30. The van der Waals surface area contributed by atoms with Crippen molar-refractivity contribution >= 4 is 5.96 Å². The van der Waals surface area contributed by atoms with Gasteiger partial charge in [-0.05, 0) is 18.9 Å². The highest BCUT2D eigenvalue weighted by atomic mass is 15.2. The van der Waals surface area contributed by atoms with Crippen molar-refractivity contribution in [3.63, 3.8) is 0 Å². The molecule has 2 N–H and O–H groups in total. The minimum absolute atomic E-state index is 0.633. The van der Waals surface area contributed by atoms with Crippen molar-refractivity contribution in [2.45, 2.75) is 19.9 Å². The van der Waals surface area contributed by atoms with Crippen molar-refractivity contribution < 1.29 is 0 Å². The van der Waals surface area contributed by atoms with Gasteiger partial charge in [-0.25, -0.2) is 4.99 Å². The molecule has 0 amide bonds. The molecule has 0 aliphatic heterocycles. The Morgan fingerprint density at radius 1 is 1.19 bits per heavy atom. The van der Waals surface area contributed by atoms with E-state index in [2.05, 4.69) is 51.9 Å². The van der Waals surface area contributed by atoms with E-state index in [0.29, 0.717) is 6.54 Å². The summed E-state index contributed by atoms with van der Waals surface area (Å²) in [7, 11) is 1.91. The van der Waals surface area contributed by atoms with Crippen LogP contribution < -0.4 is 10.6 Å². The number of hydrogen-bond acceptors (Lipinski definition) is 2. The number of benzene rings is 1. The Morgan fingerprint density at radius 3 is 2.67 bits per heavy atom. The van der Waals surface area contributed by atoms with Crippen LogP contribution in [-0.4, -0.2) is 28.8 Å². The molecule has 2 aromatic rings. The fourth-order valence-electron chi connectivity index (χ4n) is 2.04. The highest BCUT2D eigenvalue weighted by molar-refractivity contribution is 5.79. The molecule has 5 heteroatoms. The zero-order valence-corrected chi connectivity index (χ0v) is 12.7. The number of rotatable bonds is 6. The van der Waals surface area contributed by atoms with E-state index >= 15 is 0 Å². The molecule has 0 bridgehead atoms. The average Bonchev–Trinajstić information content (AvgIpc) is 2.91. The quantitative estimate of drug-likeness (QED) is 0.627. The van der Waals surface area contributed by atoms with Gasteiger partial charge < -0.3 is 10.6 Å². The SMILES string of the molecule is CCNC(=NCc1cnn(C)c1)NCCc1ccccc1. The lowest BCUT2D eigenvalue weighted by Crippen LogP contribution is -2.38. The van der Waals surface area contributed by atoms with Gasteiger partial charge in [0.25, 0.3) is 0 Å². The molecule has 5 nitrogen and oxygen atoms in total. The van der Waals surface area contributed by atoms with Gasteiger partial charge in [-0.15, -0.1) is 0 Å². The summed E-state index contributed by atoms with van der Waals surface area (Å²) in [5, 5.41) is 10.8. The smallest absolute Gasteiger partial charge is 0.191 e. The summed E-state index contributed by atoms with van der Waals surface area (Å²) in [6, 6.07) is 10.5. The molecule has 0 aliphatic rings. The molecule has 0 saturated heterocycles. The van der Waals surface area contributed by atoms with E-state index in [-0.39, 0.29) is 0 Å². The van der Waals surface area contributed by atoms with Crippen LogP contribution in [0.25, 0.3) is 0 Å². The van der Waals surface area contributed by atoms with Crippen molar-refractivity contribution in [3.8, 4) is 0 Å². The molecule has 0 saturated carbocycles. The van der Waals surface area contributed by atoms with E-state index in [0.717, 1.165) is 31.0 Å². The summed E-state index contributed by atoms with van der Waals surface area (Å²) in [5.41, 5.74) is 2.44. The predicted octanol–water partition coefficient (Wildman–Crippen LogP) is 1.72. The number of guanidine groups is 1. The third-order valence-electron chi connectivity index (χ3n) is 3.07. The molecular weight excluding hydrogens is 262 g/mol. The highest BCUT2D eigenvalue weighted by Gasteiger charge is 1.99. The summed E-state index contributed by atoms with van der Waals surface area (Å²) in [6.07, 6.45) is 4.81. The summed E-state index contributed by atoms with van der Waals surface area (Å²) >= 11 is 0. The van der Waals surface area contributed by atoms with Crippen molar-refractivity contribution in [1.82, 2.24) is 20.4 Å². The minimum atomic E-state index is 0.633. The van der Waals surface area contributed by atoms with Gasteiger partial charge in [-0.3, -0.25) is 4.68 Å². The summed E-state index contributed by atoms with van der Waals surface area (Å²) < 4.78 is 1.79. The first kappa shape index (κ1) is 15.1. The number of nitrogens with zero attached hydrogens (tertiary/aromatic N) is 3. The Bertz CT molecular complexity index is 559. The van der Waals surface area contributed by atoms with Gasteiger partial charge in [-0.1, -0.05) is 30.3 Å². The van der Waals surface area contributed by atoms with Crippen LogP contribution in [0.15, 0.2) is 47.7 Å². The fraction of sp³-hybridized carbons (Fsp3) is 0.375. The zero-order valence-electron chi connectivity index (χ0n) is 12.7. The highest BCUT2D eigenvalue weighted by Crippen LogP contribution is 1.99. The number of aryl methyl sites for hydroxylation is 1. The molecule has 2 rings (SSSR count). The Labute approximate surface area is 126 Å².